The van der Waals surface area contributed by atoms with Gasteiger partial charge in [-0.15, -0.1) is 13.2 Å². The third-order valence-electron chi connectivity index (χ3n) is 5.81. The summed E-state index contributed by atoms with van der Waals surface area (Å²) in [6.07, 6.45) is -3.66. The fourth-order valence-corrected chi connectivity index (χ4v) is 4.49. The van der Waals surface area contributed by atoms with Crippen molar-refractivity contribution >= 4 is 23.2 Å². The first kappa shape index (κ1) is 21.8. The Kier molecular flexibility index (Phi) is 5.79. The zero-order chi connectivity index (χ0) is 22.3. The van der Waals surface area contributed by atoms with E-state index in [4.69, 9.17) is 11.6 Å². The highest BCUT2D eigenvalue weighted by Gasteiger charge is 2.33. The fourth-order valence-electron chi connectivity index (χ4n) is 4.17. The predicted octanol–water partition coefficient (Wildman–Crippen LogP) is 4.53. The number of halogens is 4. The van der Waals surface area contributed by atoms with Gasteiger partial charge in [-0.1, -0.05) is 23.7 Å². The van der Waals surface area contributed by atoms with Crippen LogP contribution in [0.3, 0.4) is 0 Å². The van der Waals surface area contributed by atoms with Crippen molar-refractivity contribution in [2.24, 2.45) is 0 Å². The maximum absolute atomic E-state index is 12.9. The highest BCUT2D eigenvalue weighted by atomic mass is 35.5. The van der Waals surface area contributed by atoms with Crippen molar-refractivity contribution in [1.82, 2.24) is 9.80 Å². The smallest absolute Gasteiger partial charge is 0.406 e. The second-order valence-corrected chi connectivity index (χ2v) is 8.57. The first-order valence-corrected chi connectivity index (χ1v) is 10.4. The van der Waals surface area contributed by atoms with E-state index >= 15 is 0 Å². The molecule has 4 rings (SSSR count). The topological polar surface area (TPSA) is 36.0 Å². The van der Waals surface area contributed by atoms with Crippen LogP contribution in [-0.2, 0) is 13.1 Å². The Morgan fingerprint density at radius 2 is 1.90 bits per heavy atom. The monoisotopic (exact) mass is 453 g/mol. The molecule has 1 atom stereocenters. The zero-order valence-corrected chi connectivity index (χ0v) is 18.0. The first-order chi connectivity index (χ1) is 14.6. The summed E-state index contributed by atoms with van der Waals surface area (Å²) in [4.78, 5) is 19.0. The van der Waals surface area contributed by atoms with Gasteiger partial charge in [-0.2, -0.15) is 0 Å². The number of hydrogen-bond donors (Lipinski definition) is 0. The SMILES string of the molecule is CN(C)C1CCN(c2cc(Cl)c3c(c2)CN(Cc2ccc(OC(F)(F)F)cc2)C3=O)C1. The van der Waals surface area contributed by atoms with Gasteiger partial charge in [0.05, 0.1) is 10.6 Å². The van der Waals surface area contributed by atoms with Gasteiger partial charge in [0.25, 0.3) is 5.91 Å². The van der Waals surface area contributed by atoms with E-state index in [1.54, 1.807) is 4.90 Å². The molecular formula is C22H23ClF3N3O2. The van der Waals surface area contributed by atoms with Crippen molar-refractivity contribution in [3.05, 3.63) is 58.1 Å². The summed E-state index contributed by atoms with van der Waals surface area (Å²) in [5.41, 5.74) is 3.10. The Labute approximate surface area is 183 Å². The third-order valence-corrected chi connectivity index (χ3v) is 6.11. The molecule has 0 spiro atoms. The lowest BCUT2D eigenvalue weighted by Gasteiger charge is -2.22. The van der Waals surface area contributed by atoms with E-state index in [1.807, 2.05) is 12.1 Å². The van der Waals surface area contributed by atoms with Gasteiger partial charge in [-0.25, -0.2) is 0 Å². The summed E-state index contributed by atoms with van der Waals surface area (Å²) in [5, 5.41) is 0.433. The van der Waals surface area contributed by atoms with E-state index in [0.29, 0.717) is 28.7 Å². The number of carbonyl (C=O) groups excluding carboxylic acids is 1. The summed E-state index contributed by atoms with van der Waals surface area (Å²) < 4.78 is 40.9. The van der Waals surface area contributed by atoms with Crippen LogP contribution in [0.25, 0.3) is 0 Å². The molecule has 1 fully saturated rings. The van der Waals surface area contributed by atoms with E-state index < -0.39 is 6.36 Å². The molecule has 2 heterocycles. The Hall–Kier alpha value is -2.45. The molecule has 1 amide bonds. The molecule has 0 bridgehead atoms. The Bertz CT molecular complexity index is 979. The van der Waals surface area contributed by atoms with Crippen LogP contribution < -0.4 is 9.64 Å². The van der Waals surface area contributed by atoms with Crippen molar-refractivity contribution in [1.29, 1.82) is 0 Å². The van der Waals surface area contributed by atoms with Crippen molar-refractivity contribution in [3.8, 4) is 5.75 Å². The van der Waals surface area contributed by atoms with Crippen molar-refractivity contribution in [2.45, 2.75) is 31.9 Å². The van der Waals surface area contributed by atoms with Crippen molar-refractivity contribution in [3.63, 3.8) is 0 Å². The molecule has 5 nitrogen and oxygen atoms in total. The van der Waals surface area contributed by atoms with Gasteiger partial charge in [0.2, 0.25) is 0 Å². The maximum Gasteiger partial charge on any atom is 0.573 e. The van der Waals surface area contributed by atoms with Gasteiger partial charge >= 0.3 is 6.36 Å². The number of rotatable bonds is 5. The minimum absolute atomic E-state index is 0.172. The van der Waals surface area contributed by atoms with Crippen LogP contribution in [0.2, 0.25) is 5.02 Å². The lowest BCUT2D eigenvalue weighted by Crippen LogP contribution is -2.31. The molecule has 166 valence electrons. The summed E-state index contributed by atoms with van der Waals surface area (Å²) in [6, 6.07) is 9.90. The van der Waals surface area contributed by atoms with Gasteiger partial charge in [0.1, 0.15) is 5.75 Å². The number of nitrogens with zero attached hydrogens (tertiary/aromatic N) is 3. The number of fused-ring (bicyclic) bond motifs is 1. The van der Waals surface area contributed by atoms with Gasteiger partial charge < -0.3 is 19.4 Å². The molecule has 2 aliphatic rings. The minimum atomic E-state index is -4.73. The largest absolute Gasteiger partial charge is 0.573 e. The van der Waals surface area contributed by atoms with Crippen LogP contribution in [0.15, 0.2) is 36.4 Å². The van der Waals surface area contributed by atoms with Crippen molar-refractivity contribution in [2.75, 3.05) is 32.1 Å². The number of anilines is 1. The molecule has 31 heavy (non-hydrogen) atoms. The number of alkyl halides is 3. The summed E-state index contributed by atoms with van der Waals surface area (Å²) in [6.45, 7) is 2.53. The van der Waals surface area contributed by atoms with E-state index in [9.17, 15) is 18.0 Å². The number of amides is 1. The normalized spacial score (nSPS) is 18.8. The van der Waals surface area contributed by atoms with Crippen LogP contribution in [0.5, 0.6) is 5.75 Å². The Balaban J connectivity index is 1.47. The number of benzene rings is 2. The third kappa shape index (κ3) is 4.75. The van der Waals surface area contributed by atoms with Crippen LogP contribution in [0, 0.1) is 0 Å². The summed E-state index contributed by atoms with van der Waals surface area (Å²) in [7, 11) is 4.14. The van der Waals surface area contributed by atoms with E-state index in [2.05, 4.69) is 28.6 Å². The quantitative estimate of drug-likeness (QED) is 0.666. The molecule has 0 aliphatic carbocycles. The Morgan fingerprint density at radius 1 is 1.19 bits per heavy atom. The molecule has 0 saturated carbocycles. The maximum atomic E-state index is 12.9. The predicted molar refractivity (Wildman–Crippen MR) is 112 cm³/mol. The number of hydrogen-bond acceptors (Lipinski definition) is 4. The molecule has 0 N–H and O–H groups in total. The molecule has 2 aromatic carbocycles. The molecule has 1 saturated heterocycles. The second kappa shape index (κ2) is 8.24. The molecular weight excluding hydrogens is 431 g/mol. The highest BCUT2D eigenvalue weighted by Crippen LogP contribution is 2.36. The van der Waals surface area contributed by atoms with Gasteiger partial charge in [0.15, 0.2) is 0 Å². The lowest BCUT2D eigenvalue weighted by molar-refractivity contribution is -0.274. The molecule has 0 aromatic heterocycles. The average Bonchev–Trinajstić information content (AvgIpc) is 3.28. The summed E-state index contributed by atoms with van der Waals surface area (Å²) >= 11 is 6.49. The summed E-state index contributed by atoms with van der Waals surface area (Å²) in [5.74, 6) is -0.462. The van der Waals surface area contributed by atoms with Gasteiger partial charge in [-0.3, -0.25) is 4.79 Å². The zero-order valence-electron chi connectivity index (χ0n) is 17.2. The van der Waals surface area contributed by atoms with E-state index in [-0.39, 0.29) is 18.2 Å². The standard InChI is InChI=1S/C22H23ClF3N3O2/c1-27(2)16-7-8-28(13-16)17-9-15-12-29(21(30)20(15)19(23)10-17)11-14-3-5-18(6-4-14)31-22(24,25)26/h3-6,9-10,16H,7-8,11-13H2,1-2H3. The van der Waals surface area contributed by atoms with Crippen molar-refractivity contribution < 1.29 is 22.7 Å². The molecule has 2 aromatic rings. The van der Waals surface area contributed by atoms with Crippen LogP contribution in [0.4, 0.5) is 18.9 Å². The van der Waals surface area contributed by atoms with Crippen LogP contribution in [-0.4, -0.2) is 55.3 Å². The van der Waals surface area contributed by atoms with Gasteiger partial charge in [-0.05, 0) is 55.9 Å². The van der Waals surface area contributed by atoms with Gasteiger partial charge in [0, 0.05) is 37.9 Å². The highest BCUT2D eigenvalue weighted by molar-refractivity contribution is 6.34. The molecule has 9 heteroatoms. The first-order valence-electron chi connectivity index (χ1n) is 9.98. The van der Waals surface area contributed by atoms with Crippen LogP contribution in [0.1, 0.15) is 27.9 Å². The Morgan fingerprint density at radius 3 is 2.52 bits per heavy atom. The van der Waals surface area contributed by atoms with E-state index in [1.165, 1.54) is 24.3 Å². The van der Waals surface area contributed by atoms with E-state index in [0.717, 1.165) is 30.8 Å². The number of likely N-dealkylation sites (N-methyl/N-ethyl adjacent to an activating group) is 1. The number of ether oxygens (including phenoxy) is 1. The number of carbonyl (C=O) groups is 1. The second-order valence-electron chi connectivity index (χ2n) is 8.17. The molecule has 2 aliphatic heterocycles. The fraction of sp³-hybridized carbons (Fsp3) is 0.409. The average molecular weight is 454 g/mol. The molecule has 1 unspecified atom stereocenters. The van der Waals surface area contributed by atoms with Crippen LogP contribution >= 0.6 is 11.6 Å². The molecule has 0 radical (unpaired) electrons. The minimum Gasteiger partial charge on any atom is -0.406 e. The lowest BCUT2D eigenvalue weighted by atomic mass is 10.1.